The molecular formula is C17H20N2O2S. The van der Waals surface area contributed by atoms with Crippen LogP contribution < -0.4 is 14.8 Å². The van der Waals surface area contributed by atoms with Gasteiger partial charge in [-0.05, 0) is 18.4 Å². The van der Waals surface area contributed by atoms with Crippen molar-refractivity contribution in [1.29, 1.82) is 0 Å². The lowest BCUT2D eigenvalue weighted by Crippen LogP contribution is -2.23. The summed E-state index contributed by atoms with van der Waals surface area (Å²) in [7, 11) is 5.44. The van der Waals surface area contributed by atoms with E-state index in [1.54, 1.807) is 25.6 Å². The highest BCUT2D eigenvalue weighted by Crippen LogP contribution is 2.36. The first-order valence-corrected chi connectivity index (χ1v) is 7.99. The molecule has 2 aromatic rings. The van der Waals surface area contributed by atoms with Gasteiger partial charge in [0.1, 0.15) is 11.5 Å². The Morgan fingerprint density at radius 3 is 2.45 bits per heavy atom. The van der Waals surface area contributed by atoms with Crippen LogP contribution in [0.15, 0.2) is 35.3 Å². The summed E-state index contributed by atoms with van der Waals surface area (Å²) >= 11 is 1.80. The van der Waals surface area contributed by atoms with Gasteiger partial charge in [-0.25, -0.2) is 0 Å². The van der Waals surface area contributed by atoms with E-state index in [2.05, 4.69) is 35.6 Å². The van der Waals surface area contributed by atoms with Gasteiger partial charge in [0.2, 0.25) is 0 Å². The van der Waals surface area contributed by atoms with Crippen molar-refractivity contribution >= 4 is 22.7 Å². The van der Waals surface area contributed by atoms with E-state index in [9.17, 15) is 0 Å². The first kappa shape index (κ1) is 14.8. The molecule has 0 saturated carbocycles. The second-order valence-electron chi connectivity index (χ2n) is 5.30. The third-order valence-electron chi connectivity index (χ3n) is 3.95. The second-order valence-corrected chi connectivity index (χ2v) is 6.30. The van der Waals surface area contributed by atoms with Gasteiger partial charge in [-0.1, -0.05) is 0 Å². The molecule has 0 unspecified atom stereocenters. The second kappa shape index (κ2) is 5.93. The molecule has 0 radical (unpaired) electrons. The van der Waals surface area contributed by atoms with Gasteiger partial charge in [-0.3, -0.25) is 0 Å². The first-order chi connectivity index (χ1) is 10.6. The lowest BCUT2D eigenvalue weighted by atomic mass is 10.1. The van der Waals surface area contributed by atoms with Crippen LogP contribution in [0.4, 0.5) is 5.69 Å². The number of anilines is 1. The number of allylic oxidation sites excluding steroid dienone is 1. The number of benzene rings is 1. The molecule has 116 valence electrons. The van der Waals surface area contributed by atoms with Crippen LogP contribution in [0.1, 0.15) is 17.4 Å². The number of methoxy groups -OCH3 is 2. The van der Waals surface area contributed by atoms with Gasteiger partial charge >= 0.3 is 0 Å². The predicted molar refractivity (Wildman–Crippen MR) is 91.5 cm³/mol. The Labute approximate surface area is 135 Å². The summed E-state index contributed by atoms with van der Waals surface area (Å²) < 4.78 is 10.7. The Kier molecular flexibility index (Phi) is 3.98. The highest BCUT2D eigenvalue weighted by molar-refractivity contribution is 7.10. The summed E-state index contributed by atoms with van der Waals surface area (Å²) in [5.74, 6) is 1.55. The zero-order chi connectivity index (χ0) is 15.7. The van der Waals surface area contributed by atoms with E-state index in [0.717, 1.165) is 29.4 Å². The number of thiophene rings is 1. The van der Waals surface area contributed by atoms with Crippen LogP contribution in [0, 0.1) is 0 Å². The van der Waals surface area contributed by atoms with Crippen LogP contribution in [0.3, 0.4) is 0 Å². The molecule has 5 heteroatoms. The Morgan fingerprint density at radius 1 is 1.14 bits per heavy atom. The van der Waals surface area contributed by atoms with E-state index in [0.29, 0.717) is 0 Å². The minimum absolute atomic E-state index is 0.773. The molecule has 1 aromatic carbocycles. The molecule has 22 heavy (non-hydrogen) atoms. The monoisotopic (exact) mass is 316 g/mol. The highest BCUT2D eigenvalue weighted by Gasteiger charge is 2.21. The fourth-order valence-corrected chi connectivity index (χ4v) is 3.52. The number of fused-ring (bicyclic) bond motifs is 1. The van der Waals surface area contributed by atoms with Gasteiger partial charge < -0.3 is 19.7 Å². The summed E-state index contributed by atoms with van der Waals surface area (Å²) in [5, 5.41) is 5.68. The van der Waals surface area contributed by atoms with Crippen molar-refractivity contribution in [1.82, 2.24) is 4.90 Å². The number of rotatable bonds is 4. The van der Waals surface area contributed by atoms with E-state index in [-0.39, 0.29) is 0 Å². The molecule has 1 aliphatic heterocycles. The van der Waals surface area contributed by atoms with Crippen LogP contribution in [0.2, 0.25) is 0 Å². The van der Waals surface area contributed by atoms with E-state index >= 15 is 0 Å². The minimum atomic E-state index is 0.773. The molecule has 1 N–H and O–H groups in total. The lowest BCUT2D eigenvalue weighted by molar-refractivity contribution is 0.394. The molecule has 0 saturated heterocycles. The molecule has 0 aliphatic carbocycles. The van der Waals surface area contributed by atoms with Crippen LogP contribution >= 0.6 is 11.3 Å². The Hall–Kier alpha value is -2.14. The highest BCUT2D eigenvalue weighted by atomic mass is 32.1. The lowest BCUT2D eigenvalue weighted by Gasteiger charge is -2.29. The minimum Gasteiger partial charge on any atom is -0.497 e. The molecular weight excluding hydrogens is 296 g/mol. The number of nitrogens with zero attached hydrogens (tertiary/aromatic N) is 1. The zero-order valence-electron chi connectivity index (χ0n) is 13.3. The van der Waals surface area contributed by atoms with Crippen LogP contribution in [0.5, 0.6) is 11.5 Å². The SMILES string of the molecule is COc1cc(NC2=C(C)N(C)Cc3sccc32)cc(OC)c1. The molecule has 1 aromatic heterocycles. The fraction of sp³-hybridized carbons (Fsp3) is 0.294. The van der Waals surface area contributed by atoms with Gasteiger partial charge in [0.15, 0.2) is 0 Å². The average Bonchev–Trinajstić information content (AvgIpc) is 2.99. The molecule has 0 amide bonds. The Bertz CT molecular complexity index is 699. The normalized spacial score (nSPS) is 13.9. The summed E-state index contributed by atoms with van der Waals surface area (Å²) in [4.78, 5) is 3.64. The number of nitrogens with one attached hydrogen (secondary N) is 1. The molecule has 0 fully saturated rings. The standard InChI is InChI=1S/C17H20N2O2S/c1-11-17(15-5-6-22-16(15)10-19(11)2)18-12-7-13(20-3)9-14(8-12)21-4/h5-9,18H,10H2,1-4H3. The van der Waals surface area contributed by atoms with Gasteiger partial charge in [0, 0.05) is 47.1 Å². The smallest absolute Gasteiger partial charge is 0.124 e. The molecule has 0 spiro atoms. The number of hydrogen-bond donors (Lipinski definition) is 1. The van der Waals surface area contributed by atoms with Crippen LogP contribution in [0.25, 0.3) is 5.70 Å². The quantitative estimate of drug-likeness (QED) is 0.924. The average molecular weight is 316 g/mol. The Balaban J connectivity index is 2.00. The number of hydrogen-bond acceptors (Lipinski definition) is 5. The Morgan fingerprint density at radius 2 is 1.82 bits per heavy atom. The molecule has 0 atom stereocenters. The summed E-state index contributed by atoms with van der Waals surface area (Å²) in [6.45, 7) is 3.10. The number of ether oxygens (including phenoxy) is 2. The molecule has 0 bridgehead atoms. The maximum absolute atomic E-state index is 5.34. The summed E-state index contributed by atoms with van der Waals surface area (Å²) in [6, 6.07) is 8.00. The van der Waals surface area contributed by atoms with Crippen LogP contribution in [-0.2, 0) is 6.54 Å². The van der Waals surface area contributed by atoms with Crippen molar-refractivity contribution in [3.05, 3.63) is 45.8 Å². The van der Waals surface area contributed by atoms with Gasteiger partial charge in [0.05, 0.1) is 26.5 Å². The largest absolute Gasteiger partial charge is 0.497 e. The van der Waals surface area contributed by atoms with Crippen molar-refractivity contribution < 1.29 is 9.47 Å². The van der Waals surface area contributed by atoms with E-state index < -0.39 is 0 Å². The van der Waals surface area contributed by atoms with Crippen molar-refractivity contribution in [2.24, 2.45) is 0 Å². The third-order valence-corrected chi connectivity index (χ3v) is 4.86. The first-order valence-electron chi connectivity index (χ1n) is 7.11. The summed E-state index contributed by atoms with van der Waals surface area (Å²) in [5.41, 5.74) is 4.60. The van der Waals surface area contributed by atoms with Crippen molar-refractivity contribution in [2.45, 2.75) is 13.5 Å². The van der Waals surface area contributed by atoms with Gasteiger partial charge in [0.25, 0.3) is 0 Å². The van der Waals surface area contributed by atoms with Crippen molar-refractivity contribution in [3.8, 4) is 11.5 Å². The predicted octanol–water partition coefficient (Wildman–Crippen LogP) is 4.01. The van der Waals surface area contributed by atoms with Gasteiger partial charge in [-0.15, -0.1) is 11.3 Å². The fourth-order valence-electron chi connectivity index (χ4n) is 2.59. The maximum atomic E-state index is 5.34. The maximum Gasteiger partial charge on any atom is 0.124 e. The van der Waals surface area contributed by atoms with E-state index in [4.69, 9.17) is 9.47 Å². The topological polar surface area (TPSA) is 33.7 Å². The van der Waals surface area contributed by atoms with Gasteiger partial charge in [-0.2, -0.15) is 0 Å². The van der Waals surface area contributed by atoms with E-state index in [1.807, 2.05) is 18.2 Å². The molecule has 3 rings (SSSR count). The van der Waals surface area contributed by atoms with Crippen molar-refractivity contribution in [2.75, 3.05) is 26.6 Å². The van der Waals surface area contributed by atoms with Crippen molar-refractivity contribution in [3.63, 3.8) is 0 Å². The molecule has 4 nitrogen and oxygen atoms in total. The third kappa shape index (κ3) is 2.64. The summed E-state index contributed by atoms with van der Waals surface area (Å²) in [6.07, 6.45) is 0. The molecule has 2 heterocycles. The molecule has 1 aliphatic rings. The zero-order valence-corrected chi connectivity index (χ0v) is 14.1. The van der Waals surface area contributed by atoms with E-state index in [1.165, 1.54) is 16.1 Å². The van der Waals surface area contributed by atoms with Crippen LogP contribution in [-0.4, -0.2) is 26.2 Å².